The number of para-hydroxylation sites is 2. The molecule has 2 N–H and O–H groups in total. The Morgan fingerprint density at radius 2 is 1.61 bits per heavy atom. The molecule has 0 fully saturated rings. The maximum Gasteiger partial charge on any atom is 0.234 e. The Bertz CT molecular complexity index is 1570. The molecule has 1 aromatic heterocycles. The first-order chi connectivity index (χ1) is 18.5. The average Bonchev–Trinajstić information content (AvgIpc) is 3.33. The molecule has 190 valence electrons. The van der Waals surface area contributed by atoms with Gasteiger partial charge in [0.1, 0.15) is 17.2 Å². The minimum Gasteiger partial charge on any atom is -0.507 e. The normalized spacial score (nSPS) is 10.8. The summed E-state index contributed by atoms with van der Waals surface area (Å²) in [5, 5.41) is 22.7. The standard InChI is InChI=1S/C30H26N4O3S/c1-20-12-17-26(21(2)18-20)34-29(25-10-6-7-11-27(25)35)32-33-30(34)38-19-28(36)31-22-13-15-24(16-14-22)37-23-8-4-3-5-9-23/h3-18,35H,19H2,1-2H3,(H,31,36). The van der Waals surface area contributed by atoms with Crippen molar-refractivity contribution in [2.45, 2.75) is 19.0 Å². The number of anilines is 1. The van der Waals surface area contributed by atoms with Gasteiger partial charge in [-0.15, -0.1) is 10.2 Å². The van der Waals surface area contributed by atoms with Crippen LogP contribution in [0.5, 0.6) is 17.2 Å². The van der Waals surface area contributed by atoms with Crippen molar-refractivity contribution in [3.05, 3.63) is 108 Å². The number of nitrogens with one attached hydrogen (secondary N) is 1. The number of hydrogen-bond donors (Lipinski definition) is 2. The van der Waals surface area contributed by atoms with E-state index in [1.165, 1.54) is 11.8 Å². The third-order valence-electron chi connectivity index (χ3n) is 5.82. The van der Waals surface area contributed by atoms with Crippen LogP contribution in [0.2, 0.25) is 0 Å². The van der Waals surface area contributed by atoms with E-state index in [1.54, 1.807) is 30.3 Å². The summed E-state index contributed by atoms with van der Waals surface area (Å²) in [6.45, 7) is 4.05. The van der Waals surface area contributed by atoms with Crippen LogP contribution < -0.4 is 10.1 Å². The summed E-state index contributed by atoms with van der Waals surface area (Å²) >= 11 is 1.28. The zero-order valence-corrected chi connectivity index (χ0v) is 21.8. The van der Waals surface area contributed by atoms with Gasteiger partial charge >= 0.3 is 0 Å². The SMILES string of the molecule is Cc1ccc(-n2c(SCC(=O)Nc3ccc(Oc4ccccc4)cc3)nnc2-c2ccccc2O)c(C)c1. The molecule has 38 heavy (non-hydrogen) atoms. The number of amides is 1. The first-order valence-electron chi connectivity index (χ1n) is 12.0. The van der Waals surface area contributed by atoms with Crippen molar-refractivity contribution >= 4 is 23.4 Å². The zero-order valence-electron chi connectivity index (χ0n) is 21.0. The molecule has 0 atom stereocenters. The summed E-state index contributed by atoms with van der Waals surface area (Å²) in [7, 11) is 0. The molecule has 0 radical (unpaired) electrons. The number of phenols is 1. The number of hydrogen-bond acceptors (Lipinski definition) is 6. The Labute approximate surface area is 225 Å². The molecule has 0 aliphatic heterocycles. The van der Waals surface area contributed by atoms with E-state index < -0.39 is 0 Å². The summed E-state index contributed by atoms with van der Waals surface area (Å²) in [4.78, 5) is 12.8. The quantitative estimate of drug-likeness (QED) is 0.218. The third-order valence-corrected chi connectivity index (χ3v) is 6.75. The number of benzene rings is 4. The molecule has 0 saturated carbocycles. The number of nitrogens with zero attached hydrogens (tertiary/aromatic N) is 3. The second kappa shape index (κ2) is 11.2. The summed E-state index contributed by atoms with van der Waals surface area (Å²) in [6.07, 6.45) is 0. The van der Waals surface area contributed by atoms with Gasteiger partial charge in [-0.2, -0.15) is 0 Å². The molecule has 8 heteroatoms. The van der Waals surface area contributed by atoms with Crippen molar-refractivity contribution in [3.63, 3.8) is 0 Å². The maximum atomic E-state index is 12.8. The fourth-order valence-corrected chi connectivity index (χ4v) is 4.78. The van der Waals surface area contributed by atoms with Crippen LogP contribution in [-0.4, -0.2) is 31.5 Å². The summed E-state index contributed by atoms with van der Waals surface area (Å²) < 4.78 is 7.70. The van der Waals surface area contributed by atoms with Crippen LogP contribution in [0.1, 0.15) is 11.1 Å². The van der Waals surface area contributed by atoms with Crippen LogP contribution in [0.15, 0.2) is 102 Å². The second-order valence-electron chi connectivity index (χ2n) is 8.73. The number of phenolic OH excluding ortho intramolecular Hbond substituents is 1. The number of thioether (sulfide) groups is 1. The molecule has 1 amide bonds. The van der Waals surface area contributed by atoms with E-state index in [4.69, 9.17) is 4.74 Å². The number of carbonyl (C=O) groups excluding carboxylic acids is 1. The summed E-state index contributed by atoms with van der Waals surface area (Å²) in [6, 6.07) is 29.9. The Morgan fingerprint density at radius 3 is 2.34 bits per heavy atom. The molecule has 1 heterocycles. The highest BCUT2D eigenvalue weighted by molar-refractivity contribution is 7.99. The van der Waals surface area contributed by atoms with Gasteiger partial charge in [-0.1, -0.05) is 59.8 Å². The minimum atomic E-state index is -0.175. The van der Waals surface area contributed by atoms with Gasteiger partial charge in [0.2, 0.25) is 5.91 Å². The molecule has 0 aliphatic carbocycles. The lowest BCUT2D eigenvalue weighted by molar-refractivity contribution is -0.113. The van der Waals surface area contributed by atoms with Crippen molar-refractivity contribution in [2.24, 2.45) is 0 Å². The van der Waals surface area contributed by atoms with E-state index in [9.17, 15) is 9.90 Å². The Morgan fingerprint density at radius 1 is 0.895 bits per heavy atom. The Hall–Kier alpha value is -4.56. The average molecular weight is 523 g/mol. The first-order valence-corrected chi connectivity index (χ1v) is 13.0. The lowest BCUT2D eigenvalue weighted by Gasteiger charge is -2.14. The van der Waals surface area contributed by atoms with E-state index in [0.717, 1.165) is 22.6 Å². The number of aromatic hydroxyl groups is 1. The molecule has 0 unspecified atom stereocenters. The number of rotatable bonds is 8. The van der Waals surface area contributed by atoms with Crippen LogP contribution in [0.4, 0.5) is 5.69 Å². The van der Waals surface area contributed by atoms with Gasteiger partial charge in [0, 0.05) is 5.69 Å². The predicted octanol–water partition coefficient (Wildman–Crippen LogP) is 6.78. The van der Waals surface area contributed by atoms with E-state index in [0.29, 0.717) is 28.0 Å². The fourth-order valence-electron chi connectivity index (χ4n) is 4.03. The van der Waals surface area contributed by atoms with Crippen LogP contribution in [0.3, 0.4) is 0 Å². The summed E-state index contributed by atoms with van der Waals surface area (Å²) in [5.41, 5.74) is 4.29. The van der Waals surface area contributed by atoms with Crippen LogP contribution in [0, 0.1) is 13.8 Å². The molecule has 5 aromatic rings. The zero-order chi connectivity index (χ0) is 26.5. The van der Waals surface area contributed by atoms with Crippen LogP contribution in [0.25, 0.3) is 17.1 Å². The van der Waals surface area contributed by atoms with Gasteiger partial charge in [0.15, 0.2) is 11.0 Å². The lowest BCUT2D eigenvalue weighted by atomic mass is 10.1. The van der Waals surface area contributed by atoms with E-state index in [1.807, 2.05) is 79.1 Å². The predicted molar refractivity (Wildman–Crippen MR) is 150 cm³/mol. The topological polar surface area (TPSA) is 89.3 Å². The van der Waals surface area contributed by atoms with Gasteiger partial charge in [-0.05, 0) is 74.0 Å². The molecular formula is C30H26N4O3S. The monoisotopic (exact) mass is 522 g/mol. The molecule has 0 bridgehead atoms. The maximum absolute atomic E-state index is 12.8. The fraction of sp³-hybridized carbons (Fsp3) is 0.100. The van der Waals surface area contributed by atoms with Crippen molar-refractivity contribution in [3.8, 4) is 34.3 Å². The van der Waals surface area contributed by atoms with Gasteiger partial charge in [0.05, 0.1) is 17.0 Å². The minimum absolute atomic E-state index is 0.111. The highest BCUT2D eigenvalue weighted by atomic mass is 32.2. The molecule has 7 nitrogen and oxygen atoms in total. The largest absolute Gasteiger partial charge is 0.507 e. The smallest absolute Gasteiger partial charge is 0.234 e. The van der Waals surface area contributed by atoms with Crippen molar-refractivity contribution in [1.82, 2.24) is 14.8 Å². The van der Waals surface area contributed by atoms with Crippen molar-refractivity contribution in [2.75, 3.05) is 11.1 Å². The molecular weight excluding hydrogens is 496 g/mol. The second-order valence-corrected chi connectivity index (χ2v) is 9.67. The van der Waals surface area contributed by atoms with Crippen molar-refractivity contribution in [1.29, 1.82) is 0 Å². The van der Waals surface area contributed by atoms with Crippen molar-refractivity contribution < 1.29 is 14.6 Å². The Kier molecular flexibility index (Phi) is 7.42. The number of aromatic nitrogens is 3. The Balaban J connectivity index is 1.32. The van der Waals surface area contributed by atoms with Gasteiger partial charge in [0.25, 0.3) is 0 Å². The van der Waals surface area contributed by atoms with Gasteiger partial charge < -0.3 is 15.2 Å². The third kappa shape index (κ3) is 5.71. The number of ether oxygens (including phenoxy) is 1. The van der Waals surface area contributed by atoms with E-state index in [-0.39, 0.29) is 17.4 Å². The highest BCUT2D eigenvalue weighted by Gasteiger charge is 2.20. The highest BCUT2D eigenvalue weighted by Crippen LogP contribution is 2.34. The van der Waals surface area contributed by atoms with Gasteiger partial charge in [-0.3, -0.25) is 9.36 Å². The van der Waals surface area contributed by atoms with Crippen LogP contribution >= 0.6 is 11.8 Å². The van der Waals surface area contributed by atoms with E-state index >= 15 is 0 Å². The lowest BCUT2D eigenvalue weighted by Crippen LogP contribution is -2.14. The molecule has 4 aromatic carbocycles. The molecule has 0 spiro atoms. The van der Waals surface area contributed by atoms with E-state index in [2.05, 4.69) is 21.6 Å². The molecule has 0 aliphatic rings. The summed E-state index contributed by atoms with van der Waals surface area (Å²) in [5.74, 6) is 2.00. The number of aryl methyl sites for hydroxylation is 2. The van der Waals surface area contributed by atoms with Crippen LogP contribution in [-0.2, 0) is 4.79 Å². The van der Waals surface area contributed by atoms with Gasteiger partial charge in [-0.25, -0.2) is 0 Å². The molecule has 0 saturated heterocycles. The number of carbonyl (C=O) groups is 1. The first kappa shape index (κ1) is 25.1. The molecule has 5 rings (SSSR count).